The number of rotatable bonds is 9. The second-order valence-corrected chi connectivity index (χ2v) is 7.54. The monoisotopic (exact) mass is 443 g/mol. The maximum Gasteiger partial charge on any atom is 0.255 e. The molecule has 168 valence electrons. The number of anilines is 1. The van der Waals surface area contributed by atoms with Crippen LogP contribution in [0.25, 0.3) is 11.0 Å². The summed E-state index contributed by atoms with van der Waals surface area (Å²) in [4.78, 5) is 26.3. The van der Waals surface area contributed by atoms with Gasteiger partial charge in [-0.25, -0.2) is 0 Å². The number of benzene rings is 3. The molecule has 0 aliphatic carbocycles. The van der Waals surface area contributed by atoms with Crippen LogP contribution in [0, 0.1) is 0 Å². The topological polar surface area (TPSA) is 77.8 Å². The summed E-state index contributed by atoms with van der Waals surface area (Å²) >= 11 is 0. The van der Waals surface area contributed by atoms with E-state index in [4.69, 9.17) is 13.9 Å². The molecule has 0 saturated carbocycles. The van der Waals surface area contributed by atoms with Crippen LogP contribution in [-0.2, 0) is 0 Å². The van der Waals surface area contributed by atoms with Crippen molar-refractivity contribution in [1.82, 2.24) is 0 Å². The van der Waals surface area contributed by atoms with E-state index < -0.39 is 0 Å². The maximum absolute atomic E-state index is 13.2. The third-order valence-corrected chi connectivity index (χ3v) is 5.26. The number of unbranched alkanes of at least 4 members (excludes halogenated alkanes) is 1. The average molecular weight is 443 g/mol. The molecule has 1 heterocycles. The Morgan fingerprint density at radius 3 is 2.45 bits per heavy atom. The van der Waals surface area contributed by atoms with Gasteiger partial charge >= 0.3 is 0 Å². The van der Waals surface area contributed by atoms with Crippen LogP contribution in [0.5, 0.6) is 11.5 Å². The van der Waals surface area contributed by atoms with E-state index in [9.17, 15) is 9.59 Å². The summed E-state index contributed by atoms with van der Waals surface area (Å²) in [6.07, 6.45) is 1.97. The van der Waals surface area contributed by atoms with Gasteiger partial charge in [-0.2, -0.15) is 0 Å². The molecule has 0 saturated heterocycles. The minimum atomic E-state index is -0.355. The number of hydrogen-bond acceptors (Lipinski definition) is 5. The first-order valence-electron chi connectivity index (χ1n) is 10.8. The van der Waals surface area contributed by atoms with Gasteiger partial charge in [0.05, 0.1) is 19.4 Å². The molecule has 0 atom stereocenters. The van der Waals surface area contributed by atoms with E-state index in [-0.39, 0.29) is 17.5 Å². The van der Waals surface area contributed by atoms with Crippen LogP contribution in [0.3, 0.4) is 0 Å². The Morgan fingerprint density at radius 2 is 1.70 bits per heavy atom. The van der Waals surface area contributed by atoms with Crippen molar-refractivity contribution in [2.24, 2.45) is 0 Å². The Kier molecular flexibility index (Phi) is 6.74. The summed E-state index contributed by atoms with van der Waals surface area (Å²) in [5.74, 6) is 0.658. The largest absolute Gasteiger partial charge is 0.497 e. The van der Waals surface area contributed by atoms with Crippen molar-refractivity contribution in [2.45, 2.75) is 19.8 Å². The number of fused-ring (bicyclic) bond motifs is 1. The molecule has 3 aromatic carbocycles. The summed E-state index contributed by atoms with van der Waals surface area (Å²) in [6, 6.07) is 20.9. The van der Waals surface area contributed by atoms with Crippen molar-refractivity contribution in [3.63, 3.8) is 0 Å². The fourth-order valence-electron chi connectivity index (χ4n) is 3.45. The van der Waals surface area contributed by atoms with Gasteiger partial charge in [-0.3, -0.25) is 9.59 Å². The number of para-hydroxylation sites is 1. The SMILES string of the molecule is CCCCOc1cccc(C(=O)Nc2c(C(=O)c3ccc(OC)cc3)oc3ccccc23)c1. The molecule has 6 heteroatoms. The fraction of sp³-hybridized carbons (Fsp3) is 0.185. The molecule has 4 aromatic rings. The zero-order valence-electron chi connectivity index (χ0n) is 18.6. The van der Waals surface area contributed by atoms with Crippen LogP contribution in [0.4, 0.5) is 5.69 Å². The van der Waals surface area contributed by atoms with Gasteiger partial charge in [0, 0.05) is 16.5 Å². The normalized spacial score (nSPS) is 10.7. The van der Waals surface area contributed by atoms with Gasteiger partial charge in [0.15, 0.2) is 5.76 Å². The van der Waals surface area contributed by atoms with Crippen molar-refractivity contribution < 1.29 is 23.5 Å². The summed E-state index contributed by atoms with van der Waals surface area (Å²) in [5, 5.41) is 3.53. The molecule has 0 radical (unpaired) electrons. The highest BCUT2D eigenvalue weighted by Gasteiger charge is 2.24. The highest BCUT2D eigenvalue weighted by atomic mass is 16.5. The van der Waals surface area contributed by atoms with Crippen LogP contribution >= 0.6 is 0 Å². The van der Waals surface area contributed by atoms with Crippen molar-refractivity contribution in [3.05, 3.63) is 89.7 Å². The molecule has 6 nitrogen and oxygen atoms in total. The summed E-state index contributed by atoms with van der Waals surface area (Å²) < 4.78 is 16.8. The Balaban J connectivity index is 1.65. The van der Waals surface area contributed by atoms with E-state index in [1.165, 1.54) is 0 Å². The zero-order chi connectivity index (χ0) is 23.2. The first-order valence-corrected chi connectivity index (χ1v) is 10.8. The van der Waals surface area contributed by atoms with Gasteiger partial charge in [-0.05, 0) is 61.0 Å². The Morgan fingerprint density at radius 1 is 0.909 bits per heavy atom. The molecule has 0 spiro atoms. The molecular formula is C27H25NO5. The number of furan rings is 1. The molecule has 0 bridgehead atoms. The number of ether oxygens (including phenoxy) is 2. The average Bonchev–Trinajstić information content (AvgIpc) is 3.22. The van der Waals surface area contributed by atoms with Crippen molar-refractivity contribution in [3.8, 4) is 11.5 Å². The second-order valence-electron chi connectivity index (χ2n) is 7.54. The van der Waals surface area contributed by atoms with Crippen molar-refractivity contribution >= 4 is 28.3 Å². The lowest BCUT2D eigenvalue weighted by Gasteiger charge is -2.09. The summed E-state index contributed by atoms with van der Waals surface area (Å²) in [7, 11) is 1.56. The van der Waals surface area contributed by atoms with E-state index in [0.29, 0.717) is 45.9 Å². The van der Waals surface area contributed by atoms with Gasteiger partial charge in [0.2, 0.25) is 5.78 Å². The number of carbonyl (C=O) groups is 2. The molecule has 33 heavy (non-hydrogen) atoms. The predicted octanol–water partition coefficient (Wildman–Crippen LogP) is 6.10. The number of amides is 1. The lowest BCUT2D eigenvalue weighted by atomic mass is 10.1. The molecule has 0 fully saturated rings. The lowest BCUT2D eigenvalue weighted by Crippen LogP contribution is -2.14. The highest BCUT2D eigenvalue weighted by Crippen LogP contribution is 2.33. The Bertz CT molecular complexity index is 1270. The second kappa shape index (κ2) is 10.0. The van der Waals surface area contributed by atoms with Gasteiger partial charge < -0.3 is 19.2 Å². The highest BCUT2D eigenvalue weighted by molar-refractivity contribution is 6.18. The van der Waals surface area contributed by atoms with E-state index in [1.807, 2.05) is 24.3 Å². The molecule has 0 aliphatic heterocycles. The number of hydrogen-bond donors (Lipinski definition) is 1. The van der Waals surface area contributed by atoms with E-state index >= 15 is 0 Å². The smallest absolute Gasteiger partial charge is 0.255 e. The van der Waals surface area contributed by atoms with E-state index in [2.05, 4.69) is 12.2 Å². The van der Waals surface area contributed by atoms with Gasteiger partial charge in [-0.15, -0.1) is 0 Å². The number of nitrogens with one attached hydrogen (secondary N) is 1. The summed E-state index contributed by atoms with van der Waals surface area (Å²) in [5.41, 5.74) is 1.71. The number of ketones is 1. The first kappa shape index (κ1) is 22.1. The lowest BCUT2D eigenvalue weighted by molar-refractivity contribution is 0.101. The predicted molar refractivity (Wildman–Crippen MR) is 127 cm³/mol. The summed E-state index contributed by atoms with van der Waals surface area (Å²) in [6.45, 7) is 2.68. The van der Waals surface area contributed by atoms with Gasteiger partial charge in [0.1, 0.15) is 17.1 Å². The fourth-order valence-corrected chi connectivity index (χ4v) is 3.45. The quantitative estimate of drug-likeness (QED) is 0.250. The number of methoxy groups -OCH3 is 1. The minimum Gasteiger partial charge on any atom is -0.497 e. The van der Waals surface area contributed by atoms with Crippen LogP contribution < -0.4 is 14.8 Å². The van der Waals surface area contributed by atoms with Crippen LogP contribution in [0.15, 0.2) is 77.2 Å². The molecule has 1 amide bonds. The molecule has 0 unspecified atom stereocenters. The minimum absolute atomic E-state index is 0.0741. The van der Waals surface area contributed by atoms with Gasteiger partial charge in [0.25, 0.3) is 5.91 Å². The Labute approximate surface area is 192 Å². The third kappa shape index (κ3) is 4.90. The van der Waals surface area contributed by atoms with Crippen LogP contribution in [0.1, 0.15) is 46.2 Å². The first-order chi connectivity index (χ1) is 16.1. The molecule has 4 rings (SSSR count). The molecule has 0 aliphatic rings. The third-order valence-electron chi connectivity index (χ3n) is 5.26. The standard InChI is InChI=1S/C27H25NO5/c1-3-4-16-32-21-9-7-8-19(17-21)27(30)28-24-22-10-5-6-11-23(22)33-26(24)25(29)18-12-14-20(31-2)15-13-18/h5-15,17H,3-4,16H2,1-2H3,(H,28,30). The maximum atomic E-state index is 13.2. The molecule has 1 aromatic heterocycles. The molecular weight excluding hydrogens is 418 g/mol. The van der Waals surface area contributed by atoms with E-state index in [0.717, 1.165) is 12.8 Å². The van der Waals surface area contributed by atoms with E-state index in [1.54, 1.807) is 55.6 Å². The number of carbonyl (C=O) groups excluding carboxylic acids is 2. The van der Waals surface area contributed by atoms with Crippen LogP contribution in [0.2, 0.25) is 0 Å². The zero-order valence-corrected chi connectivity index (χ0v) is 18.6. The van der Waals surface area contributed by atoms with Crippen LogP contribution in [-0.4, -0.2) is 25.4 Å². The molecule has 1 N–H and O–H groups in total. The van der Waals surface area contributed by atoms with Crippen molar-refractivity contribution in [2.75, 3.05) is 19.0 Å². The van der Waals surface area contributed by atoms with Crippen molar-refractivity contribution in [1.29, 1.82) is 0 Å². The Hall–Kier alpha value is -4.06. The van der Waals surface area contributed by atoms with Gasteiger partial charge in [-0.1, -0.05) is 31.5 Å².